The largest absolute Gasteiger partial charge is 0.329 e. The van der Waals surface area contributed by atoms with E-state index >= 15 is 0 Å². The van der Waals surface area contributed by atoms with Gasteiger partial charge in [-0.15, -0.1) is 0 Å². The molecule has 3 fully saturated rings. The maximum atomic E-state index is 14.8. The second-order valence-electron chi connectivity index (χ2n) is 14.1. The highest BCUT2D eigenvalue weighted by Gasteiger charge is 2.34. The van der Waals surface area contributed by atoms with Crippen LogP contribution in [0, 0.1) is 11.3 Å². The summed E-state index contributed by atoms with van der Waals surface area (Å²) in [5.41, 5.74) is 2.97. The molecule has 15 heteroatoms. The van der Waals surface area contributed by atoms with Crippen molar-refractivity contribution in [2.75, 3.05) is 25.5 Å². The fourth-order valence-corrected chi connectivity index (χ4v) is 7.76. The smallest absolute Gasteiger partial charge is 0.305 e. The normalized spacial score (nSPS) is 21.1. The number of para-hydroxylation sites is 1. The number of piperidine rings is 2. The number of halogens is 1. The highest BCUT2D eigenvalue weighted by atomic mass is 19.1. The average Bonchev–Trinajstić information content (AvgIpc) is 3.70. The molecule has 3 amide bonds. The van der Waals surface area contributed by atoms with E-state index in [1.54, 1.807) is 37.5 Å². The zero-order valence-electron chi connectivity index (χ0n) is 29.7. The van der Waals surface area contributed by atoms with Gasteiger partial charge in [0.15, 0.2) is 0 Å². The number of nitriles is 1. The lowest BCUT2D eigenvalue weighted by molar-refractivity contribution is -0.135. The quantitative estimate of drug-likeness (QED) is 0.248. The van der Waals surface area contributed by atoms with Crippen LogP contribution in [0.5, 0.6) is 0 Å². The van der Waals surface area contributed by atoms with Gasteiger partial charge >= 0.3 is 5.69 Å². The number of hydrogen-bond acceptors (Lipinski definition) is 9. The molecule has 1 aromatic carbocycles. The van der Waals surface area contributed by atoms with E-state index in [2.05, 4.69) is 25.7 Å². The molecule has 1 aliphatic carbocycles. The molecule has 3 unspecified atom stereocenters. The summed E-state index contributed by atoms with van der Waals surface area (Å²) >= 11 is 0. The van der Waals surface area contributed by atoms with Gasteiger partial charge in [0.25, 0.3) is 5.91 Å². The maximum Gasteiger partial charge on any atom is 0.329 e. The van der Waals surface area contributed by atoms with Crippen molar-refractivity contribution in [1.29, 1.82) is 5.26 Å². The monoisotopic (exact) mass is 720 g/mol. The molecule has 4 aromatic heterocycles. The second kappa shape index (κ2) is 15.1. The molecule has 3 atom stereocenters. The van der Waals surface area contributed by atoms with Crippen LogP contribution in [0.1, 0.15) is 91.1 Å². The van der Waals surface area contributed by atoms with Crippen LogP contribution in [-0.4, -0.2) is 77.8 Å². The molecular formula is C38H41FN10O4. The lowest BCUT2D eigenvalue weighted by atomic mass is 9.87. The molecule has 6 heterocycles. The van der Waals surface area contributed by atoms with E-state index in [0.29, 0.717) is 35.9 Å². The van der Waals surface area contributed by atoms with Crippen LogP contribution in [0.3, 0.4) is 0 Å². The van der Waals surface area contributed by atoms with E-state index in [-0.39, 0.29) is 41.7 Å². The van der Waals surface area contributed by atoms with Crippen molar-refractivity contribution >= 4 is 45.5 Å². The Bertz CT molecular complexity index is 2300. The predicted octanol–water partition coefficient (Wildman–Crippen LogP) is 4.53. The Hall–Kier alpha value is -5.75. The van der Waals surface area contributed by atoms with Gasteiger partial charge in [-0.05, 0) is 69.1 Å². The van der Waals surface area contributed by atoms with Crippen molar-refractivity contribution in [3.05, 3.63) is 82.3 Å². The summed E-state index contributed by atoms with van der Waals surface area (Å²) in [6.07, 6.45) is 9.95. The first-order valence-electron chi connectivity index (χ1n) is 18.0. The summed E-state index contributed by atoms with van der Waals surface area (Å²) in [5, 5.41) is 19.5. The standard InChI is InChI=1S/C19H23FN4O3.C19H18N6O/c1-22-9-8-11(13(20)10-22)12-4-3-5-14-17(12)23(2)19(27)24(14)15-6-7-16(25)21-18(15)26;20-10-14-5-4-8-16(22-14)19(26)23-18-9-13-12-25(24-17(13)11-21-18)15-6-2-1-3-7-15/h3-5,11,13,15H,6-10H2,1-2H3,(H,21,25,26);4-5,8-9,11-12,15H,1-3,6-7H2,(H,23,26). The van der Waals surface area contributed by atoms with Crippen LogP contribution in [0.25, 0.3) is 21.9 Å². The van der Waals surface area contributed by atoms with E-state index < -0.39 is 24.0 Å². The number of nitrogens with one attached hydrogen (secondary N) is 2. The number of imide groups is 1. The van der Waals surface area contributed by atoms with Crippen molar-refractivity contribution in [3.8, 4) is 6.07 Å². The molecule has 14 nitrogen and oxygen atoms in total. The number of amides is 3. The Kier molecular flexibility index (Phi) is 10.1. The molecule has 0 bridgehead atoms. The van der Waals surface area contributed by atoms with Crippen molar-refractivity contribution in [2.24, 2.45) is 7.05 Å². The minimum absolute atomic E-state index is 0.184. The Morgan fingerprint density at radius 1 is 1.04 bits per heavy atom. The first kappa shape index (κ1) is 35.6. The number of likely N-dealkylation sites (tertiary alicyclic amines) is 1. The van der Waals surface area contributed by atoms with Gasteiger partial charge in [-0.3, -0.25) is 33.5 Å². The second-order valence-corrected chi connectivity index (χ2v) is 14.1. The summed E-state index contributed by atoms with van der Waals surface area (Å²) in [7, 11) is 3.55. The number of aromatic nitrogens is 6. The molecule has 1 saturated carbocycles. The average molecular weight is 721 g/mol. The predicted molar refractivity (Wildman–Crippen MR) is 195 cm³/mol. The van der Waals surface area contributed by atoms with Crippen LogP contribution in [-0.2, 0) is 16.6 Å². The highest BCUT2D eigenvalue weighted by molar-refractivity contribution is 6.03. The number of aryl methyl sites for hydroxylation is 1. The number of carbonyl (C=O) groups is 3. The fourth-order valence-electron chi connectivity index (χ4n) is 7.76. The van der Waals surface area contributed by atoms with Crippen LogP contribution >= 0.6 is 0 Å². The Morgan fingerprint density at radius 3 is 2.58 bits per heavy atom. The summed E-state index contributed by atoms with van der Waals surface area (Å²) < 4.78 is 19.8. The number of hydrogen-bond donors (Lipinski definition) is 2. The lowest BCUT2D eigenvalue weighted by Gasteiger charge is -2.32. The number of carbonyl (C=O) groups excluding carboxylic acids is 3. The van der Waals surface area contributed by atoms with E-state index in [9.17, 15) is 23.6 Å². The molecule has 3 aliphatic rings. The molecule has 2 N–H and O–H groups in total. The van der Waals surface area contributed by atoms with E-state index in [1.165, 1.54) is 28.4 Å². The fraction of sp³-hybridized carbons (Fsp3) is 0.421. The zero-order valence-corrected chi connectivity index (χ0v) is 29.7. The summed E-state index contributed by atoms with van der Waals surface area (Å²) in [4.78, 5) is 59.3. The molecule has 0 radical (unpaired) electrons. The van der Waals surface area contributed by atoms with Gasteiger partial charge in [-0.2, -0.15) is 10.4 Å². The minimum atomic E-state index is -1.01. The summed E-state index contributed by atoms with van der Waals surface area (Å²) in [6, 6.07) is 13.7. The van der Waals surface area contributed by atoms with Crippen LogP contribution < -0.4 is 16.3 Å². The molecule has 53 heavy (non-hydrogen) atoms. The Morgan fingerprint density at radius 2 is 1.83 bits per heavy atom. The van der Waals surface area contributed by atoms with Crippen molar-refractivity contribution in [2.45, 2.75) is 75.5 Å². The zero-order chi connectivity index (χ0) is 37.2. The highest BCUT2D eigenvalue weighted by Crippen LogP contribution is 2.35. The number of rotatable bonds is 5. The molecular weight excluding hydrogens is 679 g/mol. The number of fused-ring (bicyclic) bond motifs is 2. The van der Waals surface area contributed by atoms with Gasteiger partial charge in [-0.25, -0.2) is 19.2 Å². The van der Waals surface area contributed by atoms with Gasteiger partial charge in [0.05, 0.1) is 23.3 Å². The molecule has 274 valence electrons. The Balaban J connectivity index is 0.000000164. The van der Waals surface area contributed by atoms with Gasteiger partial charge in [-0.1, -0.05) is 37.5 Å². The number of alkyl halides is 1. The van der Waals surface area contributed by atoms with Crippen LogP contribution in [0.15, 0.2) is 59.7 Å². The third-order valence-electron chi connectivity index (χ3n) is 10.5. The van der Waals surface area contributed by atoms with Gasteiger partial charge in [0.2, 0.25) is 11.8 Å². The van der Waals surface area contributed by atoms with Gasteiger partial charge in [0.1, 0.15) is 41.0 Å². The van der Waals surface area contributed by atoms with Crippen molar-refractivity contribution in [3.63, 3.8) is 0 Å². The number of imidazole rings is 1. The van der Waals surface area contributed by atoms with Gasteiger partial charge < -0.3 is 10.2 Å². The van der Waals surface area contributed by atoms with Crippen LogP contribution in [0.2, 0.25) is 0 Å². The minimum Gasteiger partial charge on any atom is -0.305 e. The Labute approximate surface area is 304 Å². The number of pyridine rings is 2. The van der Waals surface area contributed by atoms with E-state index in [4.69, 9.17) is 5.26 Å². The molecule has 8 rings (SSSR count). The SMILES string of the molecule is CN1CCC(c2cccc3c2n(C)c(=O)n3C2CCC(=O)NC2=O)C(F)C1.N#Cc1cccc(C(=O)Nc2cc3cn(C4CCCCC4)nc3cn2)n1. The van der Waals surface area contributed by atoms with Crippen molar-refractivity contribution < 1.29 is 18.8 Å². The molecule has 2 saturated heterocycles. The van der Waals surface area contributed by atoms with Crippen molar-refractivity contribution in [1.82, 2.24) is 39.1 Å². The third-order valence-corrected chi connectivity index (χ3v) is 10.5. The number of nitrogens with zero attached hydrogens (tertiary/aromatic N) is 8. The molecule has 0 spiro atoms. The first-order valence-corrected chi connectivity index (χ1v) is 18.0. The summed E-state index contributed by atoms with van der Waals surface area (Å²) in [5.74, 6) is -1.03. The first-order chi connectivity index (χ1) is 25.6. The number of benzene rings is 1. The molecule has 2 aliphatic heterocycles. The van der Waals surface area contributed by atoms with Gasteiger partial charge in [0, 0.05) is 37.5 Å². The third kappa shape index (κ3) is 7.32. The molecule has 5 aromatic rings. The topological polar surface area (TPSA) is 173 Å². The van der Waals surface area contributed by atoms with E-state index in [0.717, 1.165) is 35.9 Å². The lowest BCUT2D eigenvalue weighted by Crippen LogP contribution is -2.44. The van der Waals surface area contributed by atoms with E-state index in [1.807, 2.05) is 47.1 Å². The maximum absolute atomic E-state index is 14.8. The summed E-state index contributed by atoms with van der Waals surface area (Å²) in [6.45, 7) is 1.16. The number of anilines is 1. The van der Waals surface area contributed by atoms with Crippen LogP contribution in [0.4, 0.5) is 10.2 Å².